The third kappa shape index (κ3) is 4.73. The number of anilines is 3. The lowest BCUT2D eigenvalue weighted by molar-refractivity contribution is 0.102. The van der Waals surface area contributed by atoms with Gasteiger partial charge in [0.15, 0.2) is 5.01 Å². The van der Waals surface area contributed by atoms with E-state index in [0.717, 1.165) is 16.3 Å². The summed E-state index contributed by atoms with van der Waals surface area (Å²) in [5, 5.41) is 6.42. The fourth-order valence-corrected chi connectivity index (χ4v) is 4.35. The number of ether oxygens (including phenoxy) is 1. The highest BCUT2D eigenvalue weighted by Crippen LogP contribution is 2.28. The van der Waals surface area contributed by atoms with Gasteiger partial charge >= 0.3 is 6.03 Å². The summed E-state index contributed by atoms with van der Waals surface area (Å²) >= 11 is 7.25. The third-order valence-electron chi connectivity index (χ3n) is 4.82. The number of thiazole rings is 1. The van der Waals surface area contributed by atoms with Crippen LogP contribution in [0.2, 0.25) is 5.02 Å². The summed E-state index contributed by atoms with van der Waals surface area (Å²) in [7, 11) is 1.59. The molecule has 160 valence electrons. The zero-order valence-corrected chi connectivity index (χ0v) is 18.2. The third-order valence-corrected chi connectivity index (χ3v) is 6.13. The number of hydrogen-bond acceptors (Lipinski definition) is 6. The zero-order chi connectivity index (χ0) is 22.0. The van der Waals surface area contributed by atoms with E-state index in [2.05, 4.69) is 15.6 Å². The van der Waals surface area contributed by atoms with Crippen LogP contribution in [0.4, 0.5) is 21.9 Å². The lowest BCUT2D eigenvalue weighted by atomic mass is 10.2. The number of urea groups is 1. The van der Waals surface area contributed by atoms with Crippen LogP contribution in [0.3, 0.4) is 0 Å². The number of halogens is 1. The fraction of sp³-hybridized carbons (Fsp3) is 0.190. The molecule has 0 saturated carbocycles. The number of methoxy groups -OCH3 is 1. The van der Waals surface area contributed by atoms with Gasteiger partial charge in [-0.1, -0.05) is 11.6 Å². The summed E-state index contributed by atoms with van der Waals surface area (Å²) in [5.41, 5.74) is 8.27. The van der Waals surface area contributed by atoms with E-state index in [-0.39, 0.29) is 11.9 Å². The predicted octanol–water partition coefficient (Wildman–Crippen LogP) is 4.23. The molecule has 4 N–H and O–H groups in total. The topological polar surface area (TPSA) is 110 Å². The van der Waals surface area contributed by atoms with Crippen molar-refractivity contribution in [2.75, 3.05) is 30.0 Å². The predicted molar refractivity (Wildman–Crippen MR) is 122 cm³/mol. The first-order valence-corrected chi connectivity index (χ1v) is 10.7. The molecule has 4 rings (SSSR count). The average molecular weight is 458 g/mol. The summed E-state index contributed by atoms with van der Waals surface area (Å²) in [6.07, 6.45) is 0.578. The highest BCUT2D eigenvalue weighted by Gasteiger charge is 2.26. The van der Waals surface area contributed by atoms with Gasteiger partial charge in [-0.3, -0.25) is 4.79 Å². The van der Waals surface area contributed by atoms with E-state index in [1.807, 2.05) is 0 Å². The first-order chi connectivity index (χ1) is 14.9. The van der Waals surface area contributed by atoms with Crippen LogP contribution in [0.25, 0.3) is 0 Å². The molecule has 0 saturated heterocycles. The molecule has 2 aromatic carbocycles. The molecule has 1 aliphatic rings. The molecule has 0 unspecified atom stereocenters. The minimum absolute atomic E-state index is 0.207. The van der Waals surface area contributed by atoms with Crippen LogP contribution in [-0.4, -0.2) is 35.5 Å². The van der Waals surface area contributed by atoms with Crippen LogP contribution in [0.5, 0.6) is 5.75 Å². The van der Waals surface area contributed by atoms with Crippen LogP contribution in [0.15, 0.2) is 42.5 Å². The average Bonchev–Trinajstić information content (AvgIpc) is 3.20. The Hall–Kier alpha value is -3.30. The van der Waals surface area contributed by atoms with Gasteiger partial charge in [-0.15, -0.1) is 11.3 Å². The Morgan fingerprint density at radius 2 is 1.97 bits per heavy atom. The molecule has 8 nitrogen and oxygen atoms in total. The molecule has 10 heteroatoms. The Balaban J connectivity index is 1.42. The minimum atomic E-state index is -0.359. The molecule has 0 bridgehead atoms. The van der Waals surface area contributed by atoms with Crippen molar-refractivity contribution < 1.29 is 14.3 Å². The molecule has 0 fully saturated rings. The van der Waals surface area contributed by atoms with Gasteiger partial charge in [-0.25, -0.2) is 9.78 Å². The van der Waals surface area contributed by atoms with Crippen LogP contribution >= 0.6 is 22.9 Å². The van der Waals surface area contributed by atoms with E-state index >= 15 is 0 Å². The number of carbonyl (C=O) groups is 2. The molecule has 3 amide bonds. The highest BCUT2D eigenvalue weighted by atomic mass is 35.5. The maximum Gasteiger partial charge on any atom is 0.322 e. The van der Waals surface area contributed by atoms with Crippen molar-refractivity contribution in [2.45, 2.75) is 13.0 Å². The largest absolute Gasteiger partial charge is 0.497 e. The van der Waals surface area contributed by atoms with Crippen molar-refractivity contribution >= 4 is 51.9 Å². The second kappa shape index (κ2) is 8.83. The van der Waals surface area contributed by atoms with E-state index in [1.165, 1.54) is 11.3 Å². The maximum absolute atomic E-state index is 12.6. The fourth-order valence-electron chi connectivity index (χ4n) is 3.16. The van der Waals surface area contributed by atoms with Gasteiger partial charge in [-0.2, -0.15) is 0 Å². The van der Waals surface area contributed by atoms with E-state index in [0.29, 0.717) is 46.6 Å². The van der Waals surface area contributed by atoms with Crippen molar-refractivity contribution in [3.05, 3.63) is 63.1 Å². The van der Waals surface area contributed by atoms with Crippen LogP contribution < -0.4 is 21.1 Å². The molecule has 0 radical (unpaired) electrons. The smallest absolute Gasteiger partial charge is 0.322 e. The van der Waals surface area contributed by atoms with E-state index in [4.69, 9.17) is 22.1 Å². The minimum Gasteiger partial charge on any atom is -0.497 e. The molecule has 31 heavy (non-hydrogen) atoms. The SMILES string of the molecule is COc1ccc(NC(=O)N2CCc3nc(C(=O)Nc4cc(Cl)ccc4N)sc3C2)cc1. The van der Waals surface area contributed by atoms with Crippen molar-refractivity contribution in [1.82, 2.24) is 9.88 Å². The molecule has 1 aliphatic heterocycles. The Kier molecular flexibility index (Phi) is 5.97. The number of nitrogen functional groups attached to an aromatic ring is 1. The standard InChI is InChI=1S/C21H20ClN5O3S/c1-30-14-5-3-13(4-6-14)24-21(29)27-9-8-16-18(11-27)31-20(26-16)19(28)25-17-10-12(22)2-7-15(17)23/h2-7,10H,8-9,11,23H2,1H3,(H,24,29)(H,25,28). The summed E-state index contributed by atoms with van der Waals surface area (Å²) in [6.45, 7) is 0.905. The Morgan fingerprint density at radius 1 is 1.19 bits per heavy atom. The molecule has 0 aliphatic carbocycles. The summed E-state index contributed by atoms with van der Waals surface area (Å²) in [6, 6.07) is 11.8. The second-order valence-electron chi connectivity index (χ2n) is 6.90. The lowest BCUT2D eigenvalue weighted by Gasteiger charge is -2.26. The number of hydrogen-bond donors (Lipinski definition) is 3. The quantitative estimate of drug-likeness (QED) is 0.508. The first-order valence-electron chi connectivity index (χ1n) is 9.48. The van der Waals surface area contributed by atoms with E-state index < -0.39 is 0 Å². The number of nitrogens with two attached hydrogens (primary N) is 1. The Bertz CT molecular complexity index is 1130. The number of carbonyl (C=O) groups excluding carboxylic acids is 2. The number of benzene rings is 2. The van der Waals surface area contributed by atoms with Crippen LogP contribution in [0.1, 0.15) is 20.4 Å². The molecule has 1 aromatic heterocycles. The molecule has 3 aromatic rings. The van der Waals surface area contributed by atoms with Gasteiger partial charge in [0.1, 0.15) is 5.75 Å². The van der Waals surface area contributed by atoms with Gasteiger partial charge in [0.25, 0.3) is 5.91 Å². The summed E-state index contributed by atoms with van der Waals surface area (Å²) in [5.74, 6) is 0.359. The van der Waals surface area contributed by atoms with Gasteiger partial charge in [-0.05, 0) is 42.5 Å². The monoisotopic (exact) mass is 457 g/mol. The molecule has 2 heterocycles. The number of nitrogens with one attached hydrogen (secondary N) is 2. The van der Waals surface area contributed by atoms with Crippen LogP contribution in [0, 0.1) is 0 Å². The van der Waals surface area contributed by atoms with Gasteiger partial charge in [0.05, 0.1) is 30.7 Å². The molecular weight excluding hydrogens is 438 g/mol. The van der Waals surface area contributed by atoms with Gasteiger partial charge < -0.3 is 26.0 Å². The number of rotatable bonds is 4. The maximum atomic E-state index is 12.6. The lowest BCUT2D eigenvalue weighted by Crippen LogP contribution is -2.38. The second-order valence-corrected chi connectivity index (χ2v) is 8.42. The number of amides is 3. The van der Waals surface area contributed by atoms with Crippen molar-refractivity contribution in [3.63, 3.8) is 0 Å². The number of fused-ring (bicyclic) bond motifs is 1. The van der Waals surface area contributed by atoms with E-state index in [1.54, 1.807) is 54.5 Å². The molecular formula is C21H20ClN5O3S. The van der Waals surface area contributed by atoms with Crippen molar-refractivity contribution in [3.8, 4) is 5.75 Å². The molecule has 0 atom stereocenters. The Labute approximate surface area is 188 Å². The summed E-state index contributed by atoms with van der Waals surface area (Å²) < 4.78 is 5.13. The van der Waals surface area contributed by atoms with Gasteiger partial charge in [0.2, 0.25) is 0 Å². The Morgan fingerprint density at radius 3 is 2.71 bits per heavy atom. The number of nitrogens with zero attached hydrogens (tertiary/aromatic N) is 2. The summed E-state index contributed by atoms with van der Waals surface area (Å²) in [4.78, 5) is 32.3. The first kappa shape index (κ1) is 21.0. The normalized spacial score (nSPS) is 12.8. The van der Waals surface area contributed by atoms with Crippen LogP contribution in [-0.2, 0) is 13.0 Å². The van der Waals surface area contributed by atoms with Gasteiger partial charge in [0, 0.05) is 28.6 Å². The van der Waals surface area contributed by atoms with Crippen molar-refractivity contribution in [2.24, 2.45) is 0 Å². The molecule has 0 spiro atoms. The highest BCUT2D eigenvalue weighted by molar-refractivity contribution is 7.13. The van der Waals surface area contributed by atoms with Crippen molar-refractivity contribution in [1.29, 1.82) is 0 Å². The van der Waals surface area contributed by atoms with E-state index in [9.17, 15) is 9.59 Å². The number of aromatic nitrogens is 1. The zero-order valence-electron chi connectivity index (χ0n) is 16.6.